The number of aliphatic carboxylic acids is 2. The molecule has 2 aromatic rings. The number of carboxylic acids is 2. The van der Waals surface area contributed by atoms with Crippen LogP contribution in [-0.4, -0.2) is 71.6 Å². The number of carbonyl (C=O) groups excluding carboxylic acids is 2. The van der Waals surface area contributed by atoms with Crippen molar-refractivity contribution in [3.8, 4) is 11.5 Å². The first-order valence-electron chi connectivity index (χ1n) is 8.30. The zero-order valence-corrected chi connectivity index (χ0v) is 17.7. The molecule has 29 heavy (non-hydrogen) atoms. The zero-order chi connectivity index (χ0) is 21.1. The first-order chi connectivity index (χ1) is 13.3. The van der Waals surface area contributed by atoms with E-state index < -0.39 is 24.1 Å². The second kappa shape index (κ2) is 13.8. The first-order valence-corrected chi connectivity index (χ1v) is 8.30. The normalized spacial score (nSPS) is 11.9. The molecule has 0 aliphatic heterocycles. The number of carboxylic acid groups (broad SMARTS) is 2. The van der Waals surface area contributed by atoms with Gasteiger partial charge in [0.25, 0.3) is 0 Å². The monoisotopic (exact) mass is 414 g/mol. The van der Waals surface area contributed by atoms with Crippen molar-refractivity contribution in [2.75, 3.05) is 14.2 Å². The summed E-state index contributed by atoms with van der Waals surface area (Å²) in [7, 11) is 2.64. The Bertz CT molecular complexity index is 681. The number of rotatable bonds is 8. The minimum atomic E-state index is -1.24. The molecule has 0 spiro atoms. The molecule has 2 unspecified atom stereocenters. The molecule has 0 saturated carbocycles. The Morgan fingerprint density at radius 1 is 0.759 bits per heavy atom. The zero-order valence-electron chi connectivity index (χ0n) is 16.2. The van der Waals surface area contributed by atoms with Gasteiger partial charge in [0.1, 0.15) is 23.7 Å². The van der Waals surface area contributed by atoms with Crippen molar-refractivity contribution in [2.45, 2.75) is 25.0 Å². The number of hydrogen-bond acceptors (Lipinski definition) is 8. The summed E-state index contributed by atoms with van der Waals surface area (Å²) in [5.41, 5.74) is 1.55. The number of phenols is 2. The molecule has 0 amide bonds. The third-order valence-corrected chi connectivity index (χ3v) is 3.81. The van der Waals surface area contributed by atoms with Gasteiger partial charge < -0.3 is 39.5 Å². The molecule has 0 heterocycles. The van der Waals surface area contributed by atoms with Gasteiger partial charge in [0.2, 0.25) is 0 Å². The van der Waals surface area contributed by atoms with E-state index in [9.17, 15) is 19.8 Å². The standard InChI is InChI=1S/2C10H12O4.Mg/c2*1-14-9(10(12)13)6-7-2-4-8(11)5-3-7;/h2*2-5,9,11H,6H2,1H3,(H,12,13);/q;;+2/p-2. The van der Waals surface area contributed by atoms with Gasteiger partial charge in [0.15, 0.2) is 0 Å². The Morgan fingerprint density at radius 3 is 1.24 bits per heavy atom. The van der Waals surface area contributed by atoms with Crippen molar-refractivity contribution in [1.29, 1.82) is 0 Å². The Labute approximate surface area is 184 Å². The summed E-state index contributed by atoms with van der Waals surface area (Å²) < 4.78 is 9.44. The van der Waals surface area contributed by atoms with Crippen LogP contribution < -0.4 is 10.2 Å². The smallest absolute Gasteiger partial charge is 0.547 e. The van der Waals surface area contributed by atoms with Crippen LogP contribution in [0.2, 0.25) is 0 Å². The van der Waals surface area contributed by atoms with E-state index in [1.807, 2.05) is 0 Å². The van der Waals surface area contributed by atoms with Crippen LogP contribution >= 0.6 is 0 Å². The van der Waals surface area contributed by atoms with Crippen molar-refractivity contribution in [1.82, 2.24) is 0 Å². The average Bonchev–Trinajstić information content (AvgIpc) is 2.67. The van der Waals surface area contributed by atoms with E-state index in [0.717, 1.165) is 11.1 Å². The Balaban J connectivity index is 0.000000523. The third-order valence-electron chi connectivity index (χ3n) is 3.81. The summed E-state index contributed by atoms with van der Waals surface area (Å²) in [6.45, 7) is 0. The van der Waals surface area contributed by atoms with E-state index in [2.05, 4.69) is 0 Å². The molecular formula is C20H22MgO8. The van der Waals surface area contributed by atoms with Crippen LogP contribution in [0.3, 0.4) is 0 Å². The fourth-order valence-electron chi connectivity index (χ4n) is 2.22. The molecule has 0 radical (unpaired) electrons. The van der Waals surface area contributed by atoms with Gasteiger partial charge >= 0.3 is 23.1 Å². The van der Waals surface area contributed by atoms with E-state index in [1.165, 1.54) is 38.5 Å². The van der Waals surface area contributed by atoms with Crippen molar-refractivity contribution in [3.63, 3.8) is 0 Å². The molecular weight excluding hydrogens is 393 g/mol. The van der Waals surface area contributed by atoms with Crippen LogP contribution in [0.4, 0.5) is 0 Å². The van der Waals surface area contributed by atoms with Crippen LogP contribution in [0.15, 0.2) is 48.5 Å². The molecule has 0 aromatic heterocycles. The molecule has 0 saturated heterocycles. The van der Waals surface area contributed by atoms with Crippen molar-refractivity contribution < 1.29 is 39.5 Å². The van der Waals surface area contributed by atoms with Gasteiger partial charge in [-0.1, -0.05) is 24.3 Å². The minimum Gasteiger partial charge on any atom is -0.547 e. The maximum atomic E-state index is 10.5. The second-order valence-electron chi connectivity index (χ2n) is 5.83. The van der Waals surface area contributed by atoms with E-state index in [4.69, 9.17) is 19.7 Å². The fourth-order valence-corrected chi connectivity index (χ4v) is 2.22. The van der Waals surface area contributed by atoms with Crippen LogP contribution in [-0.2, 0) is 31.9 Å². The summed E-state index contributed by atoms with van der Waals surface area (Å²) in [5.74, 6) is -2.17. The summed E-state index contributed by atoms with van der Waals surface area (Å²) >= 11 is 0. The first kappa shape index (κ1) is 26.7. The number of hydrogen-bond donors (Lipinski definition) is 2. The van der Waals surface area contributed by atoms with Crippen molar-refractivity contribution >= 4 is 35.0 Å². The summed E-state index contributed by atoms with van der Waals surface area (Å²) in [6, 6.07) is 12.6. The van der Waals surface area contributed by atoms with Crippen LogP contribution in [0, 0.1) is 0 Å². The third kappa shape index (κ3) is 10.1. The van der Waals surface area contributed by atoms with Crippen LogP contribution in [0.25, 0.3) is 0 Å². The van der Waals surface area contributed by atoms with Gasteiger partial charge in [-0.3, -0.25) is 0 Å². The molecule has 8 nitrogen and oxygen atoms in total. The SMILES string of the molecule is COC(Cc1ccc(O)cc1)C(=O)[O-].COC(Cc1ccc(O)cc1)C(=O)[O-].[Mg+2]. The number of phenolic OH excluding ortho intramolecular Hbond substituents is 2. The summed E-state index contributed by atoms with van der Waals surface area (Å²) in [5, 5.41) is 39.0. The van der Waals surface area contributed by atoms with Crippen LogP contribution in [0.1, 0.15) is 11.1 Å². The van der Waals surface area contributed by atoms with Gasteiger partial charge in [-0.15, -0.1) is 0 Å². The number of benzene rings is 2. The fraction of sp³-hybridized carbons (Fsp3) is 0.300. The predicted molar refractivity (Wildman–Crippen MR) is 101 cm³/mol. The van der Waals surface area contributed by atoms with E-state index in [-0.39, 0.29) is 47.4 Å². The molecule has 2 aromatic carbocycles. The van der Waals surface area contributed by atoms with Crippen molar-refractivity contribution in [3.05, 3.63) is 59.7 Å². The Hall–Kier alpha value is -2.33. The van der Waals surface area contributed by atoms with Gasteiger partial charge in [0.05, 0.1) is 11.9 Å². The largest absolute Gasteiger partial charge is 2.00 e. The maximum absolute atomic E-state index is 10.5. The van der Waals surface area contributed by atoms with Gasteiger partial charge in [-0.25, -0.2) is 0 Å². The minimum absolute atomic E-state index is 0. The van der Waals surface area contributed by atoms with E-state index >= 15 is 0 Å². The number of methoxy groups -OCH3 is 2. The molecule has 2 rings (SSSR count). The molecule has 0 fully saturated rings. The van der Waals surface area contributed by atoms with Gasteiger partial charge in [-0.2, -0.15) is 0 Å². The molecule has 0 aliphatic carbocycles. The summed E-state index contributed by atoms with van der Waals surface area (Å²) in [4.78, 5) is 21.0. The molecule has 152 valence electrons. The summed E-state index contributed by atoms with van der Waals surface area (Å²) in [6.07, 6.45) is -1.42. The van der Waals surface area contributed by atoms with Gasteiger partial charge in [-0.05, 0) is 35.4 Å². The van der Waals surface area contributed by atoms with E-state index in [1.54, 1.807) is 24.3 Å². The molecule has 0 aliphatic rings. The molecule has 2 N–H and O–H groups in total. The van der Waals surface area contributed by atoms with E-state index in [0.29, 0.717) is 0 Å². The average molecular weight is 415 g/mol. The second-order valence-corrected chi connectivity index (χ2v) is 5.83. The molecule has 2 atom stereocenters. The number of aromatic hydroxyl groups is 2. The Kier molecular flexibility index (Phi) is 12.7. The quantitative estimate of drug-likeness (QED) is 0.525. The topological polar surface area (TPSA) is 139 Å². The molecule has 0 bridgehead atoms. The molecule has 9 heteroatoms. The maximum Gasteiger partial charge on any atom is 2.00 e. The number of carbonyl (C=O) groups is 2. The Morgan fingerprint density at radius 2 is 1.03 bits per heavy atom. The van der Waals surface area contributed by atoms with Crippen LogP contribution in [0.5, 0.6) is 11.5 Å². The predicted octanol–water partition coefficient (Wildman–Crippen LogP) is -0.982. The van der Waals surface area contributed by atoms with Gasteiger partial charge in [0, 0.05) is 27.1 Å². The number of ether oxygens (including phenoxy) is 2. The van der Waals surface area contributed by atoms with Crippen molar-refractivity contribution in [2.24, 2.45) is 0 Å².